The summed E-state index contributed by atoms with van der Waals surface area (Å²) in [6.07, 6.45) is -3.42. The van der Waals surface area contributed by atoms with E-state index in [1.54, 1.807) is 21.2 Å². The van der Waals surface area contributed by atoms with E-state index in [2.05, 4.69) is 0 Å². The summed E-state index contributed by atoms with van der Waals surface area (Å²) in [4.78, 5) is 0. The number of rotatable bonds is 3. The van der Waals surface area contributed by atoms with Gasteiger partial charge in [-0.3, -0.25) is 4.18 Å². The molecule has 0 saturated heterocycles. The SMILES string of the molecule is OCC1CCCC(OSI)(C(F)(F)F)C1. The van der Waals surface area contributed by atoms with Crippen molar-refractivity contribution in [1.29, 1.82) is 0 Å². The van der Waals surface area contributed by atoms with E-state index in [9.17, 15) is 13.2 Å². The van der Waals surface area contributed by atoms with Crippen LogP contribution in [0.4, 0.5) is 13.2 Å². The number of hydrogen-bond acceptors (Lipinski definition) is 3. The van der Waals surface area contributed by atoms with E-state index in [0.717, 1.165) is 0 Å². The van der Waals surface area contributed by atoms with E-state index < -0.39 is 11.8 Å². The molecule has 7 heteroatoms. The van der Waals surface area contributed by atoms with Crippen LogP contribution < -0.4 is 0 Å². The van der Waals surface area contributed by atoms with Crippen LogP contribution in [0.3, 0.4) is 0 Å². The molecule has 1 fully saturated rings. The highest BCUT2D eigenvalue weighted by Crippen LogP contribution is 2.48. The summed E-state index contributed by atoms with van der Waals surface area (Å²) in [5.41, 5.74) is -2.06. The Morgan fingerprint density at radius 2 is 2.20 bits per heavy atom. The minimum atomic E-state index is -4.36. The molecular formula is C8H12F3IO2S. The molecule has 2 nitrogen and oxygen atoms in total. The molecule has 0 aromatic heterocycles. The first-order valence-electron chi connectivity index (χ1n) is 4.59. The Balaban J connectivity index is 2.80. The van der Waals surface area contributed by atoms with Gasteiger partial charge in [0.25, 0.3) is 0 Å². The van der Waals surface area contributed by atoms with Crippen LogP contribution in [0, 0.1) is 5.92 Å². The van der Waals surface area contributed by atoms with Crippen molar-refractivity contribution in [3.05, 3.63) is 0 Å². The smallest absolute Gasteiger partial charge is 0.396 e. The fraction of sp³-hybridized carbons (Fsp3) is 1.00. The zero-order chi connectivity index (χ0) is 11.5. The average Bonchev–Trinajstić information content (AvgIpc) is 2.17. The monoisotopic (exact) mass is 356 g/mol. The van der Waals surface area contributed by atoms with E-state index in [0.29, 0.717) is 22.1 Å². The zero-order valence-corrected chi connectivity index (χ0v) is 10.9. The fourth-order valence-corrected chi connectivity index (χ4v) is 3.34. The second kappa shape index (κ2) is 5.42. The molecule has 1 N–H and O–H groups in total. The summed E-state index contributed by atoms with van der Waals surface area (Å²) < 4.78 is 43.4. The Hall–Kier alpha value is 0.790. The first-order chi connectivity index (χ1) is 6.95. The number of hydrogen-bond donors (Lipinski definition) is 1. The van der Waals surface area contributed by atoms with Crippen LogP contribution in [0.25, 0.3) is 0 Å². The van der Waals surface area contributed by atoms with Gasteiger partial charge in [0, 0.05) is 27.8 Å². The summed E-state index contributed by atoms with van der Waals surface area (Å²) in [7, 11) is 0.715. The molecule has 0 aliphatic heterocycles. The summed E-state index contributed by atoms with van der Waals surface area (Å²) in [6.45, 7) is -0.201. The van der Waals surface area contributed by atoms with Crippen molar-refractivity contribution in [3.8, 4) is 0 Å². The van der Waals surface area contributed by atoms with Crippen LogP contribution >= 0.6 is 30.4 Å². The van der Waals surface area contributed by atoms with Gasteiger partial charge >= 0.3 is 6.18 Å². The van der Waals surface area contributed by atoms with Crippen LogP contribution in [0.15, 0.2) is 0 Å². The molecule has 0 aromatic rings. The Morgan fingerprint density at radius 3 is 2.67 bits per heavy atom. The highest BCUT2D eigenvalue weighted by atomic mass is 127. The molecule has 1 aliphatic rings. The van der Waals surface area contributed by atoms with Gasteiger partial charge in [0.2, 0.25) is 0 Å². The van der Waals surface area contributed by atoms with Gasteiger partial charge in [-0.05, 0) is 31.6 Å². The number of aliphatic hydroxyl groups is 1. The number of halogens is 4. The minimum absolute atomic E-state index is 0.0109. The minimum Gasteiger partial charge on any atom is -0.396 e. The van der Waals surface area contributed by atoms with Gasteiger partial charge in [-0.2, -0.15) is 13.2 Å². The van der Waals surface area contributed by atoms with Crippen LogP contribution in [-0.4, -0.2) is 23.5 Å². The molecule has 1 saturated carbocycles. The van der Waals surface area contributed by atoms with Crippen molar-refractivity contribution in [2.75, 3.05) is 6.61 Å². The molecular weight excluding hydrogens is 344 g/mol. The normalized spacial score (nSPS) is 33.0. The highest BCUT2D eigenvalue weighted by molar-refractivity contribution is 14.2. The molecule has 90 valence electrons. The van der Waals surface area contributed by atoms with E-state index in [4.69, 9.17) is 9.29 Å². The summed E-state index contributed by atoms with van der Waals surface area (Å²) >= 11 is 1.69. The van der Waals surface area contributed by atoms with Crippen LogP contribution in [0.2, 0.25) is 0 Å². The molecule has 0 radical (unpaired) electrons. The van der Waals surface area contributed by atoms with E-state index in [-0.39, 0.29) is 25.4 Å². The maximum Gasteiger partial charge on any atom is 0.418 e. The molecule has 0 heterocycles. The lowest BCUT2D eigenvalue weighted by Gasteiger charge is -2.39. The molecule has 1 aliphatic carbocycles. The third-order valence-electron chi connectivity index (χ3n) is 2.78. The Bertz CT molecular complexity index is 211. The standard InChI is InChI=1S/C8H12F3IO2S/c9-8(10,11)7(14-15-12)3-1-2-6(4-7)5-13/h6,13H,1-5H2. The van der Waals surface area contributed by atoms with Crippen molar-refractivity contribution >= 4 is 30.4 Å². The maximum absolute atomic E-state index is 12.9. The van der Waals surface area contributed by atoms with Crippen molar-refractivity contribution < 1.29 is 22.5 Å². The summed E-state index contributed by atoms with van der Waals surface area (Å²) in [6, 6.07) is 0. The quantitative estimate of drug-likeness (QED) is 0.620. The lowest BCUT2D eigenvalue weighted by atomic mass is 9.78. The van der Waals surface area contributed by atoms with Gasteiger partial charge in [-0.15, -0.1) is 0 Å². The Kier molecular flexibility index (Phi) is 5.00. The van der Waals surface area contributed by atoms with Crippen molar-refractivity contribution in [1.82, 2.24) is 0 Å². The van der Waals surface area contributed by atoms with Gasteiger partial charge in [-0.25, -0.2) is 0 Å². The lowest BCUT2D eigenvalue weighted by molar-refractivity contribution is -0.259. The molecule has 0 aromatic carbocycles. The Labute approximate surface area is 103 Å². The predicted molar refractivity (Wildman–Crippen MR) is 60.5 cm³/mol. The highest BCUT2D eigenvalue weighted by Gasteiger charge is 2.58. The van der Waals surface area contributed by atoms with E-state index in [1.807, 2.05) is 0 Å². The van der Waals surface area contributed by atoms with Gasteiger partial charge in [-0.1, -0.05) is 0 Å². The molecule has 1 rings (SSSR count). The molecule has 2 atom stereocenters. The van der Waals surface area contributed by atoms with Crippen LogP contribution in [0.1, 0.15) is 25.7 Å². The first-order valence-corrected chi connectivity index (χ1v) is 7.87. The average molecular weight is 356 g/mol. The summed E-state index contributed by atoms with van der Waals surface area (Å²) in [5.74, 6) is -0.302. The predicted octanol–water partition coefficient (Wildman–Crippen LogP) is 3.48. The molecule has 0 amide bonds. The second-order valence-electron chi connectivity index (χ2n) is 3.78. The van der Waals surface area contributed by atoms with Crippen LogP contribution in [0.5, 0.6) is 0 Å². The topological polar surface area (TPSA) is 29.5 Å². The third kappa shape index (κ3) is 3.13. The molecule has 0 spiro atoms. The molecule has 15 heavy (non-hydrogen) atoms. The van der Waals surface area contributed by atoms with Gasteiger partial charge in [0.05, 0.1) is 9.21 Å². The second-order valence-corrected chi connectivity index (χ2v) is 5.15. The lowest BCUT2D eigenvalue weighted by Crippen LogP contribution is -2.50. The van der Waals surface area contributed by atoms with Crippen molar-refractivity contribution in [3.63, 3.8) is 0 Å². The Morgan fingerprint density at radius 1 is 1.53 bits per heavy atom. The zero-order valence-electron chi connectivity index (χ0n) is 7.89. The van der Waals surface area contributed by atoms with Gasteiger partial charge in [0.15, 0.2) is 5.60 Å². The van der Waals surface area contributed by atoms with Crippen LogP contribution in [-0.2, 0) is 4.18 Å². The van der Waals surface area contributed by atoms with E-state index >= 15 is 0 Å². The van der Waals surface area contributed by atoms with E-state index in [1.165, 1.54) is 0 Å². The fourth-order valence-electron chi connectivity index (χ4n) is 1.94. The third-order valence-corrected chi connectivity index (χ3v) is 3.70. The van der Waals surface area contributed by atoms with Gasteiger partial charge < -0.3 is 5.11 Å². The molecule has 2 unspecified atom stereocenters. The summed E-state index contributed by atoms with van der Waals surface area (Å²) in [5, 5.41) is 8.93. The maximum atomic E-state index is 12.9. The van der Waals surface area contributed by atoms with Crippen molar-refractivity contribution in [2.24, 2.45) is 5.92 Å². The van der Waals surface area contributed by atoms with Crippen molar-refractivity contribution in [2.45, 2.75) is 37.5 Å². The van der Waals surface area contributed by atoms with Gasteiger partial charge in [0.1, 0.15) is 0 Å². The largest absolute Gasteiger partial charge is 0.418 e. The molecule has 0 bridgehead atoms. The number of aliphatic hydroxyl groups excluding tert-OH is 1. The number of alkyl halides is 3. The first kappa shape index (κ1) is 13.9.